The number of nitrogens with two attached hydrogens (primary N) is 1. The number of benzene rings is 1. The summed E-state index contributed by atoms with van der Waals surface area (Å²) in [6.07, 6.45) is 1.74. The predicted octanol–water partition coefficient (Wildman–Crippen LogP) is 4.12. The molecule has 8 heteroatoms. The molecule has 0 fully saturated rings. The number of nitrogen functional groups attached to an aromatic ring is 1. The minimum Gasteiger partial charge on any atom is -0.490 e. The topological polar surface area (TPSA) is 81.8 Å². The van der Waals surface area contributed by atoms with Gasteiger partial charge in [0, 0.05) is 5.38 Å². The SMILES string of the molecule is CCOc1cc(C=NNc2nc(N)cs2)cc(Br)c1OC(C)C. The van der Waals surface area contributed by atoms with Gasteiger partial charge in [-0.15, -0.1) is 11.3 Å². The first-order chi connectivity index (χ1) is 11.0. The molecule has 0 unspecified atom stereocenters. The van der Waals surface area contributed by atoms with E-state index in [2.05, 4.69) is 31.4 Å². The van der Waals surface area contributed by atoms with E-state index in [1.165, 1.54) is 11.3 Å². The number of anilines is 2. The van der Waals surface area contributed by atoms with Gasteiger partial charge in [0.25, 0.3) is 0 Å². The number of nitrogens with zero attached hydrogens (tertiary/aromatic N) is 2. The summed E-state index contributed by atoms with van der Waals surface area (Å²) in [4.78, 5) is 4.07. The second-order valence-corrected chi connectivity index (χ2v) is 6.59. The van der Waals surface area contributed by atoms with Gasteiger partial charge in [-0.05, 0) is 54.4 Å². The highest BCUT2D eigenvalue weighted by molar-refractivity contribution is 9.10. The molecule has 0 aliphatic carbocycles. The second kappa shape index (κ2) is 8.16. The van der Waals surface area contributed by atoms with Gasteiger partial charge in [-0.3, -0.25) is 5.43 Å². The maximum absolute atomic E-state index is 5.81. The van der Waals surface area contributed by atoms with Crippen molar-refractivity contribution < 1.29 is 9.47 Å². The predicted molar refractivity (Wildman–Crippen MR) is 98.8 cm³/mol. The highest BCUT2D eigenvalue weighted by Crippen LogP contribution is 2.37. The standard InChI is InChI=1S/C15H19BrN4O2S/c1-4-21-12-6-10(5-11(16)14(12)22-9(2)3)7-18-20-15-19-13(17)8-23-15/h5-9H,4,17H2,1-3H3,(H,19,20). The minimum absolute atomic E-state index is 0.0575. The molecule has 0 spiro atoms. The minimum atomic E-state index is 0.0575. The molecule has 0 bridgehead atoms. The van der Waals surface area contributed by atoms with Crippen LogP contribution in [0.15, 0.2) is 27.1 Å². The number of hydrazone groups is 1. The van der Waals surface area contributed by atoms with Crippen LogP contribution in [0, 0.1) is 0 Å². The van der Waals surface area contributed by atoms with E-state index >= 15 is 0 Å². The van der Waals surface area contributed by atoms with Gasteiger partial charge in [0.15, 0.2) is 11.5 Å². The zero-order valence-corrected chi connectivity index (χ0v) is 15.6. The molecule has 6 nitrogen and oxygen atoms in total. The summed E-state index contributed by atoms with van der Waals surface area (Å²) in [5, 5.41) is 6.55. The van der Waals surface area contributed by atoms with Gasteiger partial charge >= 0.3 is 0 Å². The fourth-order valence-corrected chi connectivity index (χ4v) is 2.88. The van der Waals surface area contributed by atoms with Crippen molar-refractivity contribution in [2.45, 2.75) is 26.9 Å². The molecular formula is C15H19BrN4O2S. The smallest absolute Gasteiger partial charge is 0.205 e. The van der Waals surface area contributed by atoms with Gasteiger partial charge in [0.2, 0.25) is 5.13 Å². The lowest BCUT2D eigenvalue weighted by atomic mass is 10.2. The largest absolute Gasteiger partial charge is 0.490 e. The molecule has 0 radical (unpaired) electrons. The van der Waals surface area contributed by atoms with Gasteiger partial charge < -0.3 is 15.2 Å². The summed E-state index contributed by atoms with van der Waals surface area (Å²) in [5.41, 5.74) is 9.27. The van der Waals surface area contributed by atoms with Crippen LogP contribution < -0.4 is 20.6 Å². The maximum atomic E-state index is 5.81. The van der Waals surface area contributed by atoms with Crippen molar-refractivity contribution in [3.63, 3.8) is 0 Å². The molecule has 23 heavy (non-hydrogen) atoms. The number of halogens is 1. The normalized spacial score (nSPS) is 11.2. The Bertz CT molecular complexity index is 688. The molecule has 0 saturated heterocycles. The number of nitrogens with one attached hydrogen (secondary N) is 1. The van der Waals surface area contributed by atoms with Gasteiger partial charge in [-0.2, -0.15) is 5.10 Å². The van der Waals surface area contributed by atoms with Crippen LogP contribution in [0.1, 0.15) is 26.3 Å². The number of hydrogen-bond donors (Lipinski definition) is 2. The summed E-state index contributed by atoms with van der Waals surface area (Å²) in [5.74, 6) is 1.85. The Hall–Kier alpha value is -1.80. The number of aromatic nitrogens is 1. The maximum Gasteiger partial charge on any atom is 0.205 e. The third kappa shape index (κ3) is 5.11. The van der Waals surface area contributed by atoms with Gasteiger partial charge in [-0.1, -0.05) is 0 Å². The average Bonchev–Trinajstić information content (AvgIpc) is 2.88. The van der Waals surface area contributed by atoms with Crippen molar-refractivity contribution in [2.75, 3.05) is 17.8 Å². The molecule has 1 heterocycles. The van der Waals surface area contributed by atoms with E-state index in [0.717, 1.165) is 10.0 Å². The van der Waals surface area contributed by atoms with Crippen molar-refractivity contribution in [2.24, 2.45) is 5.10 Å². The quantitative estimate of drug-likeness (QED) is 0.541. The molecule has 2 aromatic rings. The molecule has 0 aliphatic heterocycles. The van der Waals surface area contributed by atoms with Crippen LogP contribution in [0.25, 0.3) is 0 Å². The molecule has 3 N–H and O–H groups in total. The lowest BCUT2D eigenvalue weighted by molar-refractivity contribution is 0.222. The molecule has 1 aromatic carbocycles. The van der Waals surface area contributed by atoms with Crippen LogP contribution in [0.2, 0.25) is 0 Å². The first-order valence-electron chi connectivity index (χ1n) is 7.12. The number of hydrogen-bond acceptors (Lipinski definition) is 7. The lowest BCUT2D eigenvalue weighted by Gasteiger charge is -2.16. The number of ether oxygens (including phenoxy) is 2. The van der Waals surface area contributed by atoms with Gasteiger partial charge in [0.05, 0.1) is 23.4 Å². The van der Waals surface area contributed by atoms with Gasteiger partial charge in [0.1, 0.15) is 5.82 Å². The Morgan fingerprint density at radius 1 is 1.48 bits per heavy atom. The Morgan fingerprint density at radius 3 is 2.87 bits per heavy atom. The Kier molecular flexibility index (Phi) is 6.23. The zero-order chi connectivity index (χ0) is 16.8. The number of thiazole rings is 1. The van der Waals surface area contributed by atoms with Crippen LogP contribution in [0.5, 0.6) is 11.5 Å². The van der Waals surface area contributed by atoms with E-state index in [0.29, 0.717) is 29.1 Å². The van der Waals surface area contributed by atoms with Crippen LogP contribution >= 0.6 is 27.3 Å². The van der Waals surface area contributed by atoms with Crippen molar-refractivity contribution in [3.8, 4) is 11.5 Å². The third-order valence-corrected chi connectivity index (χ3v) is 3.94. The van der Waals surface area contributed by atoms with E-state index in [-0.39, 0.29) is 6.10 Å². The third-order valence-electron chi connectivity index (χ3n) is 2.58. The first kappa shape index (κ1) is 17.6. The van der Waals surface area contributed by atoms with Crippen LogP contribution in [0.4, 0.5) is 10.9 Å². The molecule has 124 valence electrons. The van der Waals surface area contributed by atoms with E-state index in [1.54, 1.807) is 11.6 Å². The summed E-state index contributed by atoms with van der Waals surface area (Å²) >= 11 is 4.92. The summed E-state index contributed by atoms with van der Waals surface area (Å²) < 4.78 is 12.3. The highest BCUT2D eigenvalue weighted by atomic mass is 79.9. The van der Waals surface area contributed by atoms with Crippen LogP contribution in [-0.2, 0) is 0 Å². The molecule has 1 aromatic heterocycles. The fourth-order valence-electron chi connectivity index (χ4n) is 1.78. The van der Waals surface area contributed by atoms with Crippen LogP contribution in [0.3, 0.4) is 0 Å². The summed E-state index contributed by atoms with van der Waals surface area (Å²) in [6, 6.07) is 3.80. The van der Waals surface area contributed by atoms with Crippen molar-refractivity contribution in [3.05, 3.63) is 27.5 Å². The lowest BCUT2D eigenvalue weighted by Crippen LogP contribution is -2.08. The van der Waals surface area contributed by atoms with Crippen LogP contribution in [-0.4, -0.2) is 23.9 Å². The Morgan fingerprint density at radius 2 is 2.26 bits per heavy atom. The monoisotopic (exact) mass is 398 g/mol. The second-order valence-electron chi connectivity index (χ2n) is 4.88. The zero-order valence-electron chi connectivity index (χ0n) is 13.2. The summed E-state index contributed by atoms with van der Waals surface area (Å²) in [7, 11) is 0. The highest BCUT2D eigenvalue weighted by Gasteiger charge is 2.13. The van der Waals surface area contributed by atoms with E-state index in [1.807, 2.05) is 32.9 Å². The summed E-state index contributed by atoms with van der Waals surface area (Å²) in [6.45, 7) is 6.43. The molecule has 0 amide bonds. The molecule has 2 rings (SSSR count). The molecular weight excluding hydrogens is 380 g/mol. The van der Waals surface area contributed by atoms with Crippen molar-refractivity contribution in [1.29, 1.82) is 0 Å². The van der Waals surface area contributed by atoms with Gasteiger partial charge in [-0.25, -0.2) is 4.98 Å². The Labute approximate surface area is 147 Å². The Balaban J connectivity index is 2.18. The van der Waals surface area contributed by atoms with E-state index in [9.17, 15) is 0 Å². The average molecular weight is 399 g/mol. The van der Waals surface area contributed by atoms with E-state index in [4.69, 9.17) is 15.2 Å². The van der Waals surface area contributed by atoms with Crippen molar-refractivity contribution >= 4 is 44.4 Å². The molecule has 0 atom stereocenters. The number of rotatable bonds is 7. The first-order valence-corrected chi connectivity index (χ1v) is 8.80. The molecule has 0 aliphatic rings. The van der Waals surface area contributed by atoms with Crippen molar-refractivity contribution in [1.82, 2.24) is 4.98 Å². The van der Waals surface area contributed by atoms with E-state index < -0.39 is 0 Å². The molecule has 0 saturated carbocycles. The fraction of sp³-hybridized carbons (Fsp3) is 0.333.